The first-order valence-electron chi connectivity index (χ1n) is 0.901. The average molecular weight is 90.2 g/mol. The second kappa shape index (κ2) is 3.35. The van der Waals surface area contributed by atoms with E-state index in [1.165, 1.54) is 0 Å². The van der Waals surface area contributed by atoms with Crippen molar-refractivity contribution in [3.8, 4) is 0 Å². The summed E-state index contributed by atoms with van der Waals surface area (Å²) in [6, 6.07) is 0. The summed E-state index contributed by atoms with van der Waals surface area (Å²) in [5.41, 5.74) is 0. The van der Waals surface area contributed by atoms with Gasteiger partial charge in [-0.1, -0.05) is 0 Å². The van der Waals surface area contributed by atoms with Gasteiger partial charge in [0.05, 0.1) is 0 Å². The highest BCUT2D eigenvalue weighted by molar-refractivity contribution is 6.30. The van der Waals surface area contributed by atoms with Crippen LogP contribution in [0.3, 0.4) is 0 Å². The maximum Gasteiger partial charge on any atom is 0.230 e. The van der Waals surface area contributed by atoms with Gasteiger partial charge >= 0.3 is 0 Å². The van der Waals surface area contributed by atoms with Crippen LogP contribution in [0.2, 0.25) is 0 Å². The predicted octanol–water partition coefficient (Wildman–Crippen LogP) is -1.96. The molecule has 4 heavy (non-hydrogen) atoms. The Kier molecular flexibility index (Phi) is 3.65. The third-order valence-corrected chi connectivity index (χ3v) is 0.750. The summed E-state index contributed by atoms with van der Waals surface area (Å²) < 4.78 is 4.26. The lowest BCUT2D eigenvalue weighted by molar-refractivity contribution is 0.665. The molecule has 2 N–H and O–H groups in total. The van der Waals surface area contributed by atoms with Gasteiger partial charge in [0.1, 0.15) is 0 Å². The second-order valence-corrected chi connectivity index (χ2v) is 1.80. The molecule has 0 saturated carbocycles. The van der Waals surface area contributed by atoms with E-state index in [4.69, 9.17) is 5.40 Å². The fourth-order valence-corrected chi connectivity index (χ4v) is 0. The highest BCUT2D eigenvalue weighted by Crippen LogP contribution is 1.31. The quantitative estimate of drug-likeness (QED) is 0.380. The third kappa shape index (κ3) is 2.35. The van der Waals surface area contributed by atoms with Gasteiger partial charge in [0, 0.05) is 0 Å². The van der Waals surface area contributed by atoms with Crippen LogP contribution >= 0.6 is 0 Å². The van der Waals surface area contributed by atoms with Crippen molar-refractivity contribution in [1.82, 2.24) is 0 Å². The minimum absolute atomic E-state index is 0.662. The smallest absolute Gasteiger partial charge is 0.230 e. The van der Waals surface area contributed by atoms with Crippen molar-refractivity contribution < 1.29 is 4.12 Å². The second-order valence-electron chi connectivity index (χ2n) is 0.311. The molecule has 0 aromatic carbocycles. The predicted molar refractivity (Wildman–Crippen MR) is 19.6 cm³/mol. The zero-order valence-corrected chi connectivity index (χ0v) is 4.61. The molecule has 0 heterocycles. The Bertz CT molecular complexity index is 8.00. The first-order valence-corrected chi connectivity index (χ1v) is 2.70. The molecule has 0 aliphatic carbocycles. The van der Waals surface area contributed by atoms with Gasteiger partial charge < -0.3 is 9.51 Å². The fourth-order valence-electron chi connectivity index (χ4n) is 0. The lowest BCUT2D eigenvalue weighted by Crippen LogP contribution is -2.06. The molecule has 0 unspecified atom stereocenters. The van der Waals surface area contributed by atoms with Gasteiger partial charge in [-0.05, 0) is 0 Å². The lowest BCUT2D eigenvalue weighted by Gasteiger charge is -1.75. The highest BCUT2D eigenvalue weighted by Gasteiger charge is 1.55. The van der Waals surface area contributed by atoms with Crippen LogP contribution < -0.4 is 5.40 Å². The molecule has 3 radical (unpaired) electrons. The SMILES string of the molecule is N[SiH2]O[Si]. The standard InChI is InChI=1S/H4NOSi2/c1-4-2-3/h1,4H2. The zero-order valence-electron chi connectivity index (χ0n) is 2.19. The Hall–Kier alpha value is 0.354. The summed E-state index contributed by atoms with van der Waals surface area (Å²) in [6.45, 7) is 0. The minimum Gasteiger partial charge on any atom is -0.450 e. The molecule has 0 aromatic rings. The molecule has 0 amide bonds. The van der Waals surface area contributed by atoms with Crippen LogP contribution in [0.1, 0.15) is 0 Å². The van der Waals surface area contributed by atoms with Crippen molar-refractivity contribution in [2.75, 3.05) is 0 Å². The summed E-state index contributed by atoms with van der Waals surface area (Å²) in [7, 11) is 2.06. The molecule has 0 aromatic heterocycles. The van der Waals surface area contributed by atoms with Crippen molar-refractivity contribution in [2.24, 2.45) is 5.40 Å². The monoisotopic (exact) mass is 90.0 g/mol. The molecular weight excluding hydrogens is 86.2 g/mol. The van der Waals surface area contributed by atoms with E-state index in [0.29, 0.717) is 0 Å². The van der Waals surface area contributed by atoms with Gasteiger partial charge in [0.2, 0.25) is 20.4 Å². The Balaban J connectivity index is 1.97. The first-order chi connectivity index (χ1) is 1.91. The van der Waals surface area contributed by atoms with E-state index in [9.17, 15) is 0 Å². The number of rotatable bonds is 1. The summed E-state index contributed by atoms with van der Waals surface area (Å²) in [4.78, 5) is 0. The number of hydrogen-bond acceptors (Lipinski definition) is 2. The van der Waals surface area contributed by atoms with E-state index in [0.717, 1.165) is 0 Å². The van der Waals surface area contributed by atoms with Gasteiger partial charge in [0.25, 0.3) is 0 Å². The van der Waals surface area contributed by atoms with Gasteiger partial charge in [-0.25, -0.2) is 0 Å². The van der Waals surface area contributed by atoms with Crippen molar-refractivity contribution in [3.05, 3.63) is 0 Å². The molecule has 4 heteroatoms. The summed E-state index contributed by atoms with van der Waals surface area (Å²) in [5, 5.41) is 4.90. The molecule has 0 rings (SSSR count). The summed E-state index contributed by atoms with van der Waals surface area (Å²) >= 11 is 0. The molecule has 0 atom stereocenters. The third-order valence-electron chi connectivity index (χ3n) is 0.0833. The van der Waals surface area contributed by atoms with E-state index >= 15 is 0 Å². The lowest BCUT2D eigenvalue weighted by atomic mass is 13.9. The van der Waals surface area contributed by atoms with Crippen LogP contribution in [0, 0.1) is 0 Å². The van der Waals surface area contributed by atoms with Crippen molar-refractivity contribution in [2.45, 2.75) is 0 Å². The molecule has 0 bridgehead atoms. The van der Waals surface area contributed by atoms with Crippen LogP contribution in [0.25, 0.3) is 0 Å². The molecule has 0 fully saturated rings. The van der Waals surface area contributed by atoms with Crippen LogP contribution in [0.4, 0.5) is 0 Å². The van der Waals surface area contributed by atoms with Gasteiger partial charge in [-0.2, -0.15) is 0 Å². The average Bonchev–Trinajstić information content (AvgIpc) is 1.37. The number of nitrogens with two attached hydrogens (primary N) is 1. The summed E-state index contributed by atoms with van der Waals surface area (Å²) in [5.74, 6) is 0. The van der Waals surface area contributed by atoms with Crippen molar-refractivity contribution in [3.63, 3.8) is 0 Å². The first kappa shape index (κ1) is 4.35. The van der Waals surface area contributed by atoms with Crippen molar-refractivity contribution in [1.29, 1.82) is 0 Å². The van der Waals surface area contributed by atoms with Crippen LogP contribution in [0.15, 0.2) is 0 Å². The fraction of sp³-hybridized carbons (Fsp3) is 0. The Labute approximate surface area is 30.9 Å². The Morgan fingerprint density at radius 3 is 2.25 bits per heavy atom. The van der Waals surface area contributed by atoms with E-state index in [2.05, 4.69) is 14.6 Å². The molecule has 0 spiro atoms. The molecule has 0 saturated heterocycles. The van der Waals surface area contributed by atoms with E-state index in [1.807, 2.05) is 0 Å². The molecule has 2 nitrogen and oxygen atoms in total. The van der Waals surface area contributed by atoms with E-state index in [1.54, 1.807) is 0 Å². The largest absolute Gasteiger partial charge is 0.450 e. The topological polar surface area (TPSA) is 35.2 Å². The van der Waals surface area contributed by atoms with Gasteiger partial charge in [-0.15, -0.1) is 0 Å². The van der Waals surface area contributed by atoms with Crippen LogP contribution in [-0.2, 0) is 4.12 Å². The summed E-state index contributed by atoms with van der Waals surface area (Å²) in [6.07, 6.45) is 0. The van der Waals surface area contributed by atoms with Crippen LogP contribution in [-0.4, -0.2) is 20.4 Å². The van der Waals surface area contributed by atoms with Crippen molar-refractivity contribution >= 4 is 20.4 Å². The maximum absolute atomic E-state index is 4.90. The normalized spacial score (nSPS) is 10.5. The number of hydrogen-bond donors (Lipinski definition) is 1. The molecule has 0 aliphatic rings. The highest BCUT2D eigenvalue weighted by atomic mass is 28.3. The molecular formula is H4NOSi2. The van der Waals surface area contributed by atoms with E-state index < -0.39 is 9.92 Å². The zero-order chi connectivity index (χ0) is 3.41. The maximum atomic E-state index is 4.90. The minimum atomic E-state index is -0.662. The Morgan fingerprint density at radius 1 is 2.00 bits per heavy atom. The van der Waals surface area contributed by atoms with E-state index in [-0.39, 0.29) is 0 Å². The van der Waals surface area contributed by atoms with Gasteiger partial charge in [-0.3, -0.25) is 0 Å². The van der Waals surface area contributed by atoms with Crippen LogP contribution in [0.5, 0.6) is 0 Å². The Morgan fingerprint density at radius 2 is 2.25 bits per heavy atom. The molecule has 0 aliphatic heterocycles. The molecule has 23 valence electrons. The van der Waals surface area contributed by atoms with Gasteiger partial charge in [0.15, 0.2) is 0 Å².